The van der Waals surface area contributed by atoms with Crippen LogP contribution in [-0.4, -0.2) is 15.6 Å². The van der Waals surface area contributed by atoms with E-state index in [1.807, 2.05) is 6.08 Å². The molecule has 4 nitrogen and oxygen atoms in total. The molecule has 0 bridgehead atoms. The summed E-state index contributed by atoms with van der Waals surface area (Å²) in [6.07, 6.45) is 8.75. The summed E-state index contributed by atoms with van der Waals surface area (Å²) in [5.74, 6) is -0.660. The number of pyridine rings is 1. The summed E-state index contributed by atoms with van der Waals surface area (Å²) in [5.41, 5.74) is 0.391. The van der Waals surface area contributed by atoms with Gasteiger partial charge in [0.15, 0.2) is 0 Å². The van der Waals surface area contributed by atoms with E-state index in [1.165, 1.54) is 10.6 Å². The minimum Gasteiger partial charge on any atom is -0.477 e. The van der Waals surface area contributed by atoms with Crippen molar-refractivity contribution in [2.45, 2.75) is 19.9 Å². The second-order valence-corrected chi connectivity index (χ2v) is 4.51. The maximum absolute atomic E-state index is 11.9. The SMILES string of the molecule is CC1C=CC(Cn2cccc(C(=O)O)c2=O)=CC1. The molecule has 1 aliphatic rings. The molecule has 0 saturated carbocycles. The molecule has 1 aromatic rings. The molecule has 1 heterocycles. The van der Waals surface area contributed by atoms with Crippen LogP contribution in [0.5, 0.6) is 0 Å². The fourth-order valence-corrected chi connectivity index (χ4v) is 1.91. The molecular formula is C14H15NO3. The highest BCUT2D eigenvalue weighted by atomic mass is 16.4. The molecule has 0 fully saturated rings. The summed E-state index contributed by atoms with van der Waals surface area (Å²) in [6, 6.07) is 2.91. The van der Waals surface area contributed by atoms with Gasteiger partial charge in [0.2, 0.25) is 0 Å². The number of hydrogen-bond acceptors (Lipinski definition) is 2. The molecule has 2 rings (SSSR count). The molecule has 18 heavy (non-hydrogen) atoms. The summed E-state index contributed by atoms with van der Waals surface area (Å²) in [4.78, 5) is 22.7. The number of carbonyl (C=O) groups is 1. The molecule has 1 atom stereocenters. The Kier molecular flexibility index (Phi) is 3.46. The van der Waals surface area contributed by atoms with Crippen LogP contribution in [0.1, 0.15) is 23.7 Å². The summed E-state index contributed by atoms with van der Waals surface area (Å²) in [6.45, 7) is 2.55. The maximum Gasteiger partial charge on any atom is 0.341 e. The molecule has 0 aliphatic heterocycles. The van der Waals surface area contributed by atoms with Crippen molar-refractivity contribution in [2.24, 2.45) is 5.92 Å². The quantitative estimate of drug-likeness (QED) is 0.886. The van der Waals surface area contributed by atoms with Crippen molar-refractivity contribution < 1.29 is 9.90 Å². The van der Waals surface area contributed by atoms with Gasteiger partial charge in [0.1, 0.15) is 5.56 Å². The average Bonchev–Trinajstić information content (AvgIpc) is 2.34. The Labute approximate surface area is 105 Å². The van der Waals surface area contributed by atoms with Crippen molar-refractivity contribution in [3.63, 3.8) is 0 Å². The third-order valence-corrected chi connectivity index (χ3v) is 2.99. The number of nitrogens with zero attached hydrogens (tertiary/aromatic N) is 1. The molecule has 0 radical (unpaired) electrons. The molecular weight excluding hydrogens is 230 g/mol. The van der Waals surface area contributed by atoms with E-state index in [0.29, 0.717) is 12.5 Å². The van der Waals surface area contributed by atoms with Gasteiger partial charge in [-0.15, -0.1) is 0 Å². The van der Waals surface area contributed by atoms with Gasteiger partial charge in [0, 0.05) is 6.20 Å². The monoisotopic (exact) mass is 245 g/mol. The Balaban J connectivity index is 2.26. The van der Waals surface area contributed by atoms with Crippen LogP contribution in [0, 0.1) is 5.92 Å². The molecule has 0 amide bonds. The zero-order valence-electron chi connectivity index (χ0n) is 10.2. The molecule has 1 aliphatic carbocycles. The Morgan fingerprint density at radius 2 is 2.33 bits per heavy atom. The van der Waals surface area contributed by atoms with E-state index in [4.69, 9.17) is 5.11 Å². The normalized spacial score (nSPS) is 18.5. The Hall–Kier alpha value is -2.10. The summed E-state index contributed by atoms with van der Waals surface area (Å²) in [7, 11) is 0. The lowest BCUT2D eigenvalue weighted by atomic mass is 9.98. The lowest BCUT2D eigenvalue weighted by Crippen LogP contribution is -2.26. The minimum absolute atomic E-state index is 0.189. The van der Waals surface area contributed by atoms with Crippen molar-refractivity contribution in [3.05, 3.63) is 58.0 Å². The number of aromatic nitrogens is 1. The number of carboxylic acids is 1. The molecule has 94 valence electrons. The maximum atomic E-state index is 11.9. The highest BCUT2D eigenvalue weighted by molar-refractivity contribution is 5.86. The van der Waals surface area contributed by atoms with Gasteiger partial charge in [0.05, 0.1) is 6.54 Å². The molecule has 0 aromatic carbocycles. The topological polar surface area (TPSA) is 59.3 Å². The van der Waals surface area contributed by atoms with E-state index in [-0.39, 0.29) is 5.56 Å². The predicted octanol–water partition coefficient (Wildman–Crippen LogP) is 2.07. The number of hydrogen-bond donors (Lipinski definition) is 1. The summed E-state index contributed by atoms with van der Waals surface area (Å²) >= 11 is 0. The molecule has 1 unspecified atom stereocenters. The smallest absolute Gasteiger partial charge is 0.341 e. The minimum atomic E-state index is -1.18. The van der Waals surface area contributed by atoms with Crippen molar-refractivity contribution >= 4 is 5.97 Å². The van der Waals surface area contributed by atoms with Gasteiger partial charge in [-0.05, 0) is 30.0 Å². The van der Waals surface area contributed by atoms with E-state index in [9.17, 15) is 9.59 Å². The Morgan fingerprint density at radius 3 is 2.94 bits per heavy atom. The molecule has 1 aromatic heterocycles. The first-order valence-electron chi connectivity index (χ1n) is 5.88. The average molecular weight is 245 g/mol. The van der Waals surface area contributed by atoms with Crippen LogP contribution < -0.4 is 5.56 Å². The van der Waals surface area contributed by atoms with Crippen molar-refractivity contribution in [1.82, 2.24) is 4.57 Å². The van der Waals surface area contributed by atoms with Crippen molar-refractivity contribution in [2.75, 3.05) is 0 Å². The lowest BCUT2D eigenvalue weighted by molar-refractivity contribution is 0.0694. The number of aromatic carboxylic acids is 1. The summed E-state index contributed by atoms with van der Waals surface area (Å²) in [5, 5.41) is 8.89. The first-order valence-corrected chi connectivity index (χ1v) is 5.88. The summed E-state index contributed by atoms with van der Waals surface area (Å²) < 4.78 is 1.43. The van der Waals surface area contributed by atoms with E-state index < -0.39 is 11.5 Å². The highest BCUT2D eigenvalue weighted by Crippen LogP contribution is 2.16. The largest absolute Gasteiger partial charge is 0.477 e. The van der Waals surface area contributed by atoms with Crippen LogP contribution in [0.2, 0.25) is 0 Å². The van der Waals surface area contributed by atoms with E-state index in [1.54, 1.807) is 12.3 Å². The molecule has 0 spiro atoms. The van der Waals surface area contributed by atoms with E-state index in [0.717, 1.165) is 12.0 Å². The predicted molar refractivity (Wildman–Crippen MR) is 68.7 cm³/mol. The lowest BCUT2D eigenvalue weighted by Gasteiger charge is -2.13. The van der Waals surface area contributed by atoms with Gasteiger partial charge in [-0.1, -0.05) is 25.2 Å². The van der Waals surface area contributed by atoms with Crippen molar-refractivity contribution in [1.29, 1.82) is 0 Å². The second kappa shape index (κ2) is 5.04. The third kappa shape index (κ3) is 2.59. The van der Waals surface area contributed by atoms with Gasteiger partial charge in [-0.25, -0.2) is 4.79 Å². The van der Waals surface area contributed by atoms with Crippen LogP contribution in [-0.2, 0) is 6.54 Å². The van der Waals surface area contributed by atoms with Crippen molar-refractivity contribution in [3.8, 4) is 0 Å². The van der Waals surface area contributed by atoms with E-state index in [2.05, 4.69) is 19.1 Å². The number of rotatable bonds is 3. The Morgan fingerprint density at radius 1 is 1.56 bits per heavy atom. The second-order valence-electron chi connectivity index (χ2n) is 4.51. The van der Waals surface area contributed by atoms with E-state index >= 15 is 0 Å². The number of carboxylic acid groups (broad SMARTS) is 1. The van der Waals surface area contributed by atoms with Gasteiger partial charge in [-0.3, -0.25) is 4.79 Å². The first-order chi connectivity index (χ1) is 8.58. The van der Waals surface area contributed by atoms with Crippen LogP contribution in [0.3, 0.4) is 0 Å². The number of allylic oxidation sites excluding steroid dienone is 4. The van der Waals surface area contributed by atoms with Gasteiger partial charge in [-0.2, -0.15) is 0 Å². The fourth-order valence-electron chi connectivity index (χ4n) is 1.91. The Bertz CT molecular complexity index is 581. The third-order valence-electron chi connectivity index (χ3n) is 2.99. The zero-order chi connectivity index (χ0) is 13.1. The van der Waals surface area contributed by atoms with Gasteiger partial charge in [0.25, 0.3) is 5.56 Å². The standard InChI is InChI=1S/C14H15NO3/c1-10-4-6-11(7-5-10)9-15-8-2-3-12(13(15)16)14(17)18/h2-4,6-8,10H,5,9H2,1H3,(H,17,18). The van der Waals surface area contributed by atoms with Gasteiger partial charge >= 0.3 is 5.97 Å². The van der Waals surface area contributed by atoms with Gasteiger partial charge < -0.3 is 9.67 Å². The fraction of sp³-hybridized carbons (Fsp3) is 0.286. The first kappa shape index (κ1) is 12.4. The van der Waals surface area contributed by atoms with Crippen LogP contribution in [0.25, 0.3) is 0 Å². The molecule has 0 saturated heterocycles. The molecule has 4 heteroatoms. The van der Waals surface area contributed by atoms with Crippen LogP contribution in [0.15, 0.2) is 46.9 Å². The highest BCUT2D eigenvalue weighted by Gasteiger charge is 2.11. The molecule has 1 N–H and O–H groups in total. The zero-order valence-corrected chi connectivity index (χ0v) is 10.2. The van der Waals surface area contributed by atoms with Crippen LogP contribution >= 0.6 is 0 Å². The van der Waals surface area contributed by atoms with Crippen LogP contribution in [0.4, 0.5) is 0 Å².